The third-order valence-corrected chi connectivity index (χ3v) is 10.7. The van der Waals surface area contributed by atoms with Gasteiger partial charge >= 0.3 is 11.9 Å². The van der Waals surface area contributed by atoms with Crippen molar-refractivity contribution in [2.45, 2.75) is 124 Å². The Balaban J connectivity index is 1.24. The highest BCUT2D eigenvalue weighted by Crippen LogP contribution is 2.46. The lowest BCUT2D eigenvalue weighted by atomic mass is 9.65. The van der Waals surface area contributed by atoms with Gasteiger partial charge in [-0.2, -0.15) is 0 Å². The van der Waals surface area contributed by atoms with E-state index in [0.717, 1.165) is 31.2 Å². The molecule has 1 aromatic rings. The third-order valence-electron chi connectivity index (χ3n) is 10.7. The lowest BCUT2D eigenvalue weighted by molar-refractivity contribution is -0.165. The van der Waals surface area contributed by atoms with Gasteiger partial charge in [-0.3, -0.25) is 14.4 Å². The molecular formula is C42H61NO7. The van der Waals surface area contributed by atoms with Gasteiger partial charge in [0.2, 0.25) is 5.91 Å². The minimum absolute atomic E-state index is 0.0571. The summed E-state index contributed by atoms with van der Waals surface area (Å²) < 4.78 is 17.8. The Morgan fingerprint density at radius 3 is 2.48 bits per heavy atom. The topological polar surface area (TPSA) is 111 Å². The summed E-state index contributed by atoms with van der Waals surface area (Å²) >= 11 is 0. The molecule has 0 aromatic heterocycles. The van der Waals surface area contributed by atoms with Gasteiger partial charge in [0, 0.05) is 25.2 Å². The maximum atomic E-state index is 13.7. The third kappa shape index (κ3) is 11.1. The molecule has 8 atom stereocenters. The number of esters is 2. The highest BCUT2D eigenvalue weighted by atomic mass is 16.5. The molecule has 1 aliphatic heterocycles. The number of amides is 1. The Morgan fingerprint density at radius 1 is 1.08 bits per heavy atom. The summed E-state index contributed by atoms with van der Waals surface area (Å²) in [4.78, 5) is 39.0. The number of benzene rings is 1. The monoisotopic (exact) mass is 691 g/mol. The molecule has 3 aliphatic rings. The van der Waals surface area contributed by atoms with Crippen LogP contribution in [0, 0.1) is 35.0 Å². The first-order valence-corrected chi connectivity index (χ1v) is 18.8. The van der Waals surface area contributed by atoms with Crippen LogP contribution in [-0.4, -0.2) is 54.4 Å². The van der Waals surface area contributed by atoms with Crippen molar-refractivity contribution in [1.29, 1.82) is 0 Å². The molecule has 0 bridgehead atoms. The SMILES string of the molecule is C=C1C[C@H](O)C[C@@H](CC[C@@H]2[C@@H]3C(=C[C@H](C)C[C@@H]3OC(=O)C(C)(C)CCC(=O)NCCOC(=O)[C@H](C)c3ccc(CC(C)C)cc3)C=C[C@@H]2C)O1. The Kier molecular flexibility index (Phi) is 13.9. The molecule has 0 unspecified atom stereocenters. The highest BCUT2D eigenvalue weighted by Gasteiger charge is 2.43. The average Bonchev–Trinajstić information content (AvgIpc) is 3.04. The molecule has 1 fully saturated rings. The fourth-order valence-corrected chi connectivity index (χ4v) is 7.69. The second-order valence-electron chi connectivity index (χ2n) is 16.1. The highest BCUT2D eigenvalue weighted by molar-refractivity contribution is 5.80. The number of ether oxygens (including phenoxy) is 3. The molecule has 4 rings (SSSR count). The number of rotatable bonds is 15. The standard InChI is InChI=1S/C42H61NO7/c1-26(2)21-31-10-13-32(14-11-31)30(6)40(46)48-20-19-43-38(45)17-18-42(7,8)41(47)50-37-23-27(3)22-33-12-9-28(4)36(39(33)37)16-15-35-25-34(44)24-29(5)49-35/h9-14,22,26-28,30,34-37,39,44H,5,15-21,23-25H2,1-4,6-8H3,(H,43,45)/t27-,28-,30+,34-,35+,36-,37-,39-/m0/s1. The molecule has 1 aromatic carbocycles. The number of hydrogen-bond acceptors (Lipinski definition) is 7. The van der Waals surface area contributed by atoms with Crippen LogP contribution < -0.4 is 5.32 Å². The van der Waals surface area contributed by atoms with Gasteiger partial charge in [0.05, 0.1) is 29.7 Å². The number of hydrogen-bond donors (Lipinski definition) is 2. The summed E-state index contributed by atoms with van der Waals surface area (Å²) in [5.74, 6) is 0.944. The molecule has 0 saturated carbocycles. The number of aliphatic hydroxyl groups is 1. The van der Waals surface area contributed by atoms with Crippen LogP contribution in [-0.2, 0) is 35.0 Å². The van der Waals surface area contributed by atoms with E-state index in [-0.39, 0.29) is 67.4 Å². The summed E-state index contributed by atoms with van der Waals surface area (Å²) in [6.07, 6.45) is 11.1. The van der Waals surface area contributed by atoms with Crippen molar-refractivity contribution in [3.63, 3.8) is 0 Å². The Hall–Kier alpha value is -3.39. The number of nitrogens with one attached hydrogen (secondary N) is 1. The van der Waals surface area contributed by atoms with Gasteiger partial charge in [0.25, 0.3) is 0 Å². The molecule has 2 aliphatic carbocycles. The van der Waals surface area contributed by atoms with Gasteiger partial charge in [0.15, 0.2) is 0 Å². The summed E-state index contributed by atoms with van der Waals surface area (Å²) in [5.41, 5.74) is 2.52. The van der Waals surface area contributed by atoms with E-state index in [1.807, 2.05) is 32.9 Å². The Morgan fingerprint density at radius 2 is 1.80 bits per heavy atom. The molecule has 50 heavy (non-hydrogen) atoms. The summed E-state index contributed by atoms with van der Waals surface area (Å²) in [7, 11) is 0. The van der Waals surface area contributed by atoms with E-state index in [1.54, 1.807) is 0 Å². The first kappa shape index (κ1) is 39.4. The van der Waals surface area contributed by atoms with Crippen LogP contribution in [0.15, 0.2) is 60.4 Å². The van der Waals surface area contributed by atoms with Crippen molar-refractivity contribution in [2.24, 2.45) is 35.0 Å². The smallest absolute Gasteiger partial charge is 0.313 e. The second kappa shape index (κ2) is 17.7. The summed E-state index contributed by atoms with van der Waals surface area (Å²) in [6, 6.07) is 8.08. The van der Waals surface area contributed by atoms with Crippen LogP contribution in [0.2, 0.25) is 0 Å². The zero-order chi connectivity index (χ0) is 36.6. The van der Waals surface area contributed by atoms with Crippen molar-refractivity contribution in [3.8, 4) is 0 Å². The van der Waals surface area contributed by atoms with Gasteiger partial charge in [0.1, 0.15) is 18.8 Å². The number of fused-ring (bicyclic) bond motifs is 1. The predicted molar refractivity (Wildman–Crippen MR) is 196 cm³/mol. The molecule has 8 heteroatoms. The van der Waals surface area contributed by atoms with E-state index in [0.29, 0.717) is 36.9 Å². The number of allylic oxidation sites excluding steroid dienone is 3. The van der Waals surface area contributed by atoms with E-state index in [9.17, 15) is 19.5 Å². The van der Waals surface area contributed by atoms with Gasteiger partial charge in [-0.1, -0.05) is 76.8 Å². The number of carbonyl (C=O) groups is 3. The van der Waals surface area contributed by atoms with Crippen LogP contribution in [0.25, 0.3) is 0 Å². The van der Waals surface area contributed by atoms with Gasteiger partial charge in [-0.15, -0.1) is 0 Å². The minimum Gasteiger partial charge on any atom is -0.495 e. The Labute approximate surface area is 300 Å². The van der Waals surface area contributed by atoms with Crippen LogP contribution in [0.4, 0.5) is 0 Å². The van der Waals surface area contributed by atoms with Gasteiger partial charge < -0.3 is 24.6 Å². The molecule has 0 radical (unpaired) electrons. The van der Waals surface area contributed by atoms with Crippen molar-refractivity contribution in [2.75, 3.05) is 13.2 Å². The normalized spacial score (nSPS) is 27.1. The second-order valence-corrected chi connectivity index (χ2v) is 16.1. The first-order valence-electron chi connectivity index (χ1n) is 18.8. The summed E-state index contributed by atoms with van der Waals surface area (Å²) in [5, 5.41) is 13.1. The van der Waals surface area contributed by atoms with E-state index in [1.165, 1.54) is 11.1 Å². The fraction of sp³-hybridized carbons (Fsp3) is 0.643. The summed E-state index contributed by atoms with van der Waals surface area (Å²) in [6.45, 7) is 18.5. The van der Waals surface area contributed by atoms with Crippen LogP contribution >= 0.6 is 0 Å². The molecule has 276 valence electrons. The van der Waals surface area contributed by atoms with Crippen molar-refractivity contribution < 1.29 is 33.7 Å². The van der Waals surface area contributed by atoms with Gasteiger partial charge in [-0.25, -0.2) is 0 Å². The zero-order valence-electron chi connectivity index (χ0n) is 31.4. The van der Waals surface area contributed by atoms with Crippen molar-refractivity contribution >= 4 is 17.8 Å². The van der Waals surface area contributed by atoms with E-state index < -0.39 is 17.4 Å². The molecule has 2 N–H and O–H groups in total. The molecule has 0 spiro atoms. The lowest BCUT2D eigenvalue weighted by Gasteiger charge is -2.44. The first-order chi connectivity index (χ1) is 23.6. The average molecular weight is 692 g/mol. The lowest BCUT2D eigenvalue weighted by Crippen LogP contribution is -2.43. The largest absolute Gasteiger partial charge is 0.495 e. The maximum absolute atomic E-state index is 13.7. The van der Waals surface area contributed by atoms with E-state index in [4.69, 9.17) is 14.2 Å². The molecule has 1 heterocycles. The number of aliphatic hydroxyl groups excluding tert-OH is 1. The van der Waals surface area contributed by atoms with Crippen LogP contribution in [0.5, 0.6) is 0 Å². The molecule has 1 amide bonds. The molecule has 8 nitrogen and oxygen atoms in total. The zero-order valence-corrected chi connectivity index (χ0v) is 31.4. The predicted octanol–water partition coefficient (Wildman–Crippen LogP) is 7.60. The van der Waals surface area contributed by atoms with E-state index >= 15 is 0 Å². The van der Waals surface area contributed by atoms with Crippen molar-refractivity contribution in [3.05, 3.63) is 71.5 Å². The van der Waals surface area contributed by atoms with E-state index in [2.05, 4.69) is 70.0 Å². The molecule has 1 saturated heterocycles. The molecular weight excluding hydrogens is 630 g/mol. The Bertz CT molecular complexity index is 1390. The number of carbonyl (C=O) groups excluding carboxylic acids is 3. The van der Waals surface area contributed by atoms with Crippen LogP contribution in [0.1, 0.15) is 110 Å². The van der Waals surface area contributed by atoms with Crippen LogP contribution in [0.3, 0.4) is 0 Å². The quantitative estimate of drug-likeness (QED) is 0.144. The minimum atomic E-state index is -0.855. The van der Waals surface area contributed by atoms with Crippen molar-refractivity contribution in [1.82, 2.24) is 5.32 Å². The fourth-order valence-electron chi connectivity index (χ4n) is 7.69. The van der Waals surface area contributed by atoms with Gasteiger partial charge in [-0.05, 0) is 93.2 Å². The maximum Gasteiger partial charge on any atom is 0.313 e.